The third-order valence-electron chi connectivity index (χ3n) is 3.06. The normalized spacial score (nSPS) is 10.1. The summed E-state index contributed by atoms with van der Waals surface area (Å²) in [4.78, 5) is 10.8. The Labute approximate surface area is 124 Å². The summed E-state index contributed by atoms with van der Waals surface area (Å²) in [5.74, 6) is 0.571. The highest BCUT2D eigenvalue weighted by atomic mass is 16.5. The zero-order valence-electron chi connectivity index (χ0n) is 12.1. The Bertz CT molecular complexity index is 577. The van der Waals surface area contributed by atoms with Gasteiger partial charge in [-0.15, -0.1) is 0 Å². The predicted molar refractivity (Wildman–Crippen MR) is 84.3 cm³/mol. The summed E-state index contributed by atoms with van der Waals surface area (Å²) >= 11 is 0. The number of ether oxygens (including phenoxy) is 1. The molecule has 4 heteroatoms. The van der Waals surface area contributed by atoms with E-state index in [2.05, 4.69) is 5.32 Å². The highest BCUT2D eigenvalue weighted by Crippen LogP contribution is 2.15. The van der Waals surface area contributed by atoms with Crippen molar-refractivity contribution in [3.63, 3.8) is 0 Å². The van der Waals surface area contributed by atoms with Crippen molar-refractivity contribution in [1.29, 1.82) is 0 Å². The maximum absolute atomic E-state index is 10.8. The molecule has 0 aliphatic heterocycles. The molecule has 0 aliphatic rings. The van der Waals surface area contributed by atoms with E-state index in [1.165, 1.54) is 5.56 Å². The monoisotopic (exact) mass is 284 g/mol. The van der Waals surface area contributed by atoms with E-state index >= 15 is 0 Å². The second kappa shape index (κ2) is 7.33. The lowest BCUT2D eigenvalue weighted by molar-refractivity contribution is -0.117. The first-order chi connectivity index (χ1) is 10.2. The van der Waals surface area contributed by atoms with E-state index in [1.807, 2.05) is 55.5 Å². The van der Waals surface area contributed by atoms with Crippen LogP contribution in [-0.4, -0.2) is 12.5 Å². The smallest absolute Gasteiger partial charge is 0.221 e. The second-order valence-electron chi connectivity index (χ2n) is 4.77. The Kier molecular flexibility index (Phi) is 5.21. The maximum Gasteiger partial charge on any atom is 0.221 e. The van der Waals surface area contributed by atoms with Gasteiger partial charge in [-0.2, -0.15) is 0 Å². The van der Waals surface area contributed by atoms with Gasteiger partial charge < -0.3 is 15.8 Å². The Balaban J connectivity index is 1.88. The summed E-state index contributed by atoms with van der Waals surface area (Å²) in [5.41, 5.74) is 8.28. The highest BCUT2D eigenvalue weighted by Gasteiger charge is 1.99. The molecular weight excluding hydrogens is 264 g/mol. The molecule has 0 radical (unpaired) electrons. The molecule has 0 aliphatic carbocycles. The van der Waals surface area contributed by atoms with E-state index in [1.54, 1.807) is 0 Å². The number of rotatable bonds is 7. The molecule has 0 bridgehead atoms. The maximum atomic E-state index is 10.8. The van der Waals surface area contributed by atoms with Crippen molar-refractivity contribution in [2.75, 3.05) is 11.9 Å². The summed E-state index contributed by atoms with van der Waals surface area (Å²) in [6.07, 6.45) is 0.277. The van der Waals surface area contributed by atoms with Gasteiger partial charge in [-0.25, -0.2) is 0 Å². The van der Waals surface area contributed by atoms with Crippen molar-refractivity contribution in [2.24, 2.45) is 5.73 Å². The predicted octanol–water partition coefficient (Wildman–Crippen LogP) is 2.73. The molecule has 0 atom stereocenters. The van der Waals surface area contributed by atoms with E-state index < -0.39 is 0 Å². The van der Waals surface area contributed by atoms with Gasteiger partial charge in [-0.3, -0.25) is 4.79 Å². The number of primary amides is 1. The lowest BCUT2D eigenvalue weighted by Crippen LogP contribution is -2.13. The highest BCUT2D eigenvalue weighted by molar-refractivity contribution is 5.76. The van der Waals surface area contributed by atoms with E-state index in [9.17, 15) is 4.79 Å². The van der Waals surface area contributed by atoms with Crippen LogP contribution in [0.25, 0.3) is 0 Å². The molecule has 3 N–H and O–H groups in total. The molecule has 4 nitrogen and oxygen atoms in total. The Hall–Kier alpha value is -2.49. The Morgan fingerprint density at radius 2 is 1.67 bits per heavy atom. The van der Waals surface area contributed by atoms with Crippen molar-refractivity contribution in [3.05, 3.63) is 59.7 Å². The summed E-state index contributed by atoms with van der Waals surface area (Å²) in [7, 11) is 0. The minimum atomic E-state index is -0.315. The van der Waals surface area contributed by atoms with E-state index in [4.69, 9.17) is 10.5 Å². The van der Waals surface area contributed by atoms with E-state index in [0.29, 0.717) is 6.61 Å². The van der Waals surface area contributed by atoms with Crippen LogP contribution in [0.2, 0.25) is 0 Å². The SMILES string of the molecule is CCOc1ccc(CNc2ccc(CC(N)=O)cc2)cc1. The largest absolute Gasteiger partial charge is 0.494 e. The van der Waals surface area contributed by atoms with Crippen molar-refractivity contribution >= 4 is 11.6 Å². The van der Waals surface area contributed by atoms with Gasteiger partial charge in [0.05, 0.1) is 13.0 Å². The fourth-order valence-electron chi connectivity index (χ4n) is 2.02. The van der Waals surface area contributed by atoms with Crippen LogP contribution >= 0.6 is 0 Å². The number of nitrogens with two attached hydrogens (primary N) is 1. The molecule has 1 amide bonds. The van der Waals surface area contributed by atoms with Gasteiger partial charge in [0.2, 0.25) is 5.91 Å². The Morgan fingerprint density at radius 1 is 1.05 bits per heavy atom. The first kappa shape index (κ1) is 14.9. The number of hydrogen-bond donors (Lipinski definition) is 2. The van der Waals surface area contributed by atoms with Crippen LogP contribution in [0.4, 0.5) is 5.69 Å². The van der Waals surface area contributed by atoms with E-state index in [0.717, 1.165) is 23.5 Å². The zero-order chi connectivity index (χ0) is 15.1. The van der Waals surface area contributed by atoms with Gasteiger partial charge in [0.25, 0.3) is 0 Å². The summed E-state index contributed by atoms with van der Waals surface area (Å²) in [6.45, 7) is 3.38. The number of hydrogen-bond acceptors (Lipinski definition) is 3. The first-order valence-corrected chi connectivity index (χ1v) is 7.00. The van der Waals surface area contributed by atoms with Gasteiger partial charge >= 0.3 is 0 Å². The molecule has 0 saturated heterocycles. The average Bonchev–Trinajstić information content (AvgIpc) is 2.48. The van der Waals surface area contributed by atoms with Gasteiger partial charge in [0.1, 0.15) is 5.75 Å². The quantitative estimate of drug-likeness (QED) is 0.821. The van der Waals surface area contributed by atoms with Crippen molar-refractivity contribution in [3.8, 4) is 5.75 Å². The second-order valence-corrected chi connectivity index (χ2v) is 4.77. The van der Waals surface area contributed by atoms with Crippen LogP contribution in [0.3, 0.4) is 0 Å². The van der Waals surface area contributed by atoms with Crippen LogP contribution in [-0.2, 0) is 17.8 Å². The molecule has 0 aromatic heterocycles. The molecule has 21 heavy (non-hydrogen) atoms. The van der Waals surface area contributed by atoms with E-state index in [-0.39, 0.29) is 12.3 Å². The van der Waals surface area contributed by atoms with Gasteiger partial charge in [0.15, 0.2) is 0 Å². The number of carbonyl (C=O) groups excluding carboxylic acids is 1. The molecular formula is C17H20N2O2. The van der Waals surface area contributed by atoms with Crippen molar-refractivity contribution in [2.45, 2.75) is 19.9 Å². The number of amides is 1. The van der Waals surface area contributed by atoms with Gasteiger partial charge in [-0.05, 0) is 42.3 Å². The number of benzene rings is 2. The van der Waals surface area contributed by atoms with Crippen molar-refractivity contribution < 1.29 is 9.53 Å². The zero-order valence-corrected chi connectivity index (χ0v) is 12.1. The molecule has 0 saturated carbocycles. The van der Waals surface area contributed by atoms with Crippen LogP contribution in [0.1, 0.15) is 18.1 Å². The first-order valence-electron chi connectivity index (χ1n) is 7.00. The van der Waals surface area contributed by atoms with Crippen LogP contribution < -0.4 is 15.8 Å². The molecule has 0 unspecified atom stereocenters. The van der Waals surface area contributed by atoms with Gasteiger partial charge in [0, 0.05) is 12.2 Å². The average molecular weight is 284 g/mol. The molecule has 110 valence electrons. The third-order valence-corrected chi connectivity index (χ3v) is 3.06. The van der Waals surface area contributed by atoms with Gasteiger partial charge in [-0.1, -0.05) is 24.3 Å². The number of nitrogens with one attached hydrogen (secondary N) is 1. The number of anilines is 1. The lowest BCUT2D eigenvalue weighted by atomic mass is 10.1. The topological polar surface area (TPSA) is 64.3 Å². The standard InChI is InChI=1S/C17H20N2O2/c1-2-21-16-9-5-14(6-10-16)12-19-15-7-3-13(4-8-15)11-17(18)20/h3-10,19H,2,11-12H2,1H3,(H2,18,20). The third kappa shape index (κ3) is 4.84. The summed E-state index contributed by atoms with van der Waals surface area (Å²) < 4.78 is 5.41. The molecule has 2 rings (SSSR count). The van der Waals surface area contributed by atoms with Crippen molar-refractivity contribution in [1.82, 2.24) is 0 Å². The fraction of sp³-hybridized carbons (Fsp3) is 0.235. The fourth-order valence-corrected chi connectivity index (χ4v) is 2.02. The molecule has 2 aromatic carbocycles. The number of carbonyl (C=O) groups is 1. The Morgan fingerprint density at radius 3 is 2.24 bits per heavy atom. The molecule has 0 spiro atoms. The van der Waals surface area contributed by atoms with Crippen LogP contribution in [0, 0.1) is 0 Å². The minimum Gasteiger partial charge on any atom is -0.494 e. The lowest BCUT2D eigenvalue weighted by Gasteiger charge is -2.08. The summed E-state index contributed by atoms with van der Waals surface area (Å²) in [5, 5.41) is 3.34. The minimum absolute atomic E-state index is 0.277. The molecule has 0 fully saturated rings. The molecule has 2 aromatic rings. The van der Waals surface area contributed by atoms with Crippen LogP contribution in [0.5, 0.6) is 5.75 Å². The van der Waals surface area contributed by atoms with Crippen LogP contribution in [0.15, 0.2) is 48.5 Å². The molecule has 0 heterocycles. The summed E-state index contributed by atoms with van der Waals surface area (Å²) in [6, 6.07) is 15.7.